The van der Waals surface area contributed by atoms with Crippen LogP contribution in [0.3, 0.4) is 0 Å². The van der Waals surface area contributed by atoms with Gasteiger partial charge in [0.2, 0.25) is 0 Å². The summed E-state index contributed by atoms with van der Waals surface area (Å²) in [6.45, 7) is 0.582. The zero-order chi connectivity index (χ0) is 17.0. The molecule has 1 aromatic rings. The quantitative estimate of drug-likeness (QED) is 0.622. The number of carbonyl (C=O) groups is 2. The molecular formula is C14H15ClN2O6. The Kier molecular flexibility index (Phi) is 5.17. The summed E-state index contributed by atoms with van der Waals surface area (Å²) < 4.78 is 5.16. The smallest absolute Gasteiger partial charge is 0.311 e. The topological polar surface area (TPSA) is 119 Å². The second-order valence-corrected chi connectivity index (χ2v) is 5.71. The lowest BCUT2D eigenvalue weighted by molar-refractivity contribution is -0.384. The summed E-state index contributed by atoms with van der Waals surface area (Å²) in [5, 5.41) is 22.6. The molecule has 0 spiro atoms. The first kappa shape index (κ1) is 17.2. The Hall–Kier alpha value is -2.19. The van der Waals surface area contributed by atoms with Gasteiger partial charge in [-0.2, -0.15) is 0 Å². The molecule has 1 aliphatic rings. The molecule has 1 saturated heterocycles. The van der Waals surface area contributed by atoms with Gasteiger partial charge >= 0.3 is 5.97 Å². The molecule has 2 rings (SSSR count). The van der Waals surface area contributed by atoms with Crippen LogP contribution >= 0.6 is 11.6 Å². The number of non-ortho nitro benzene ring substituents is 1. The summed E-state index contributed by atoms with van der Waals surface area (Å²) in [5.74, 6) is -1.56. The molecule has 0 atom stereocenters. The van der Waals surface area contributed by atoms with Crippen molar-refractivity contribution in [2.75, 3.05) is 19.8 Å². The predicted molar refractivity (Wildman–Crippen MR) is 80.6 cm³/mol. The lowest BCUT2D eigenvalue weighted by atomic mass is 9.80. The Morgan fingerprint density at radius 1 is 1.39 bits per heavy atom. The van der Waals surface area contributed by atoms with Gasteiger partial charge in [0, 0.05) is 31.9 Å². The second-order valence-electron chi connectivity index (χ2n) is 5.30. The van der Waals surface area contributed by atoms with Crippen molar-refractivity contribution < 1.29 is 24.4 Å². The molecule has 0 bridgehead atoms. The number of aliphatic carboxylic acids is 1. The van der Waals surface area contributed by atoms with Gasteiger partial charge in [-0.05, 0) is 18.9 Å². The van der Waals surface area contributed by atoms with Crippen LogP contribution in [0.15, 0.2) is 18.2 Å². The first-order valence-corrected chi connectivity index (χ1v) is 7.27. The van der Waals surface area contributed by atoms with Crippen LogP contribution in [0.25, 0.3) is 0 Å². The molecule has 1 fully saturated rings. The van der Waals surface area contributed by atoms with E-state index in [0.717, 1.165) is 6.07 Å². The highest BCUT2D eigenvalue weighted by Crippen LogP contribution is 2.30. The number of ether oxygens (including phenoxy) is 1. The number of nitro benzene ring substituents is 1. The third-order valence-electron chi connectivity index (χ3n) is 3.90. The van der Waals surface area contributed by atoms with Gasteiger partial charge in [0.25, 0.3) is 11.6 Å². The fraction of sp³-hybridized carbons (Fsp3) is 0.429. The standard InChI is InChI=1S/C14H15ClN2O6/c15-11-7-9(17(21)22)1-2-10(11)12(18)16-8-14(13(19)20)3-5-23-6-4-14/h1-2,7H,3-6,8H2,(H,16,18)(H,19,20). The number of hydrogen-bond acceptors (Lipinski definition) is 5. The molecule has 1 amide bonds. The molecule has 0 aliphatic carbocycles. The van der Waals surface area contributed by atoms with Crippen molar-refractivity contribution in [1.82, 2.24) is 5.32 Å². The number of carbonyl (C=O) groups excluding carboxylic acids is 1. The molecule has 23 heavy (non-hydrogen) atoms. The van der Waals surface area contributed by atoms with Crippen LogP contribution in [0, 0.1) is 15.5 Å². The van der Waals surface area contributed by atoms with Crippen molar-refractivity contribution in [1.29, 1.82) is 0 Å². The van der Waals surface area contributed by atoms with E-state index in [2.05, 4.69) is 5.32 Å². The van der Waals surface area contributed by atoms with E-state index >= 15 is 0 Å². The van der Waals surface area contributed by atoms with Gasteiger partial charge in [-0.3, -0.25) is 19.7 Å². The molecule has 0 saturated carbocycles. The fourth-order valence-corrected chi connectivity index (χ4v) is 2.64. The van der Waals surface area contributed by atoms with Gasteiger partial charge in [-0.15, -0.1) is 0 Å². The molecule has 9 heteroatoms. The van der Waals surface area contributed by atoms with Crippen LogP contribution in [0.1, 0.15) is 23.2 Å². The lowest BCUT2D eigenvalue weighted by Gasteiger charge is -2.33. The van der Waals surface area contributed by atoms with E-state index < -0.39 is 22.2 Å². The highest BCUT2D eigenvalue weighted by Gasteiger charge is 2.40. The van der Waals surface area contributed by atoms with Crippen molar-refractivity contribution in [2.45, 2.75) is 12.8 Å². The lowest BCUT2D eigenvalue weighted by Crippen LogP contribution is -2.46. The Bertz CT molecular complexity index is 642. The minimum absolute atomic E-state index is 0.0577. The summed E-state index contributed by atoms with van der Waals surface area (Å²) in [5.41, 5.74) is -1.23. The van der Waals surface area contributed by atoms with Crippen LogP contribution in [-0.4, -0.2) is 41.7 Å². The van der Waals surface area contributed by atoms with Crippen molar-refractivity contribution in [2.24, 2.45) is 5.41 Å². The monoisotopic (exact) mass is 342 g/mol. The molecule has 1 aliphatic heterocycles. The van der Waals surface area contributed by atoms with E-state index in [9.17, 15) is 24.8 Å². The van der Waals surface area contributed by atoms with Gasteiger partial charge < -0.3 is 15.2 Å². The number of carboxylic acid groups (broad SMARTS) is 1. The molecule has 0 unspecified atom stereocenters. The first-order valence-electron chi connectivity index (χ1n) is 6.89. The number of carboxylic acids is 1. The molecule has 8 nitrogen and oxygen atoms in total. The van der Waals surface area contributed by atoms with Crippen LogP contribution in [-0.2, 0) is 9.53 Å². The molecule has 0 aromatic heterocycles. The molecule has 1 heterocycles. The van der Waals surface area contributed by atoms with Gasteiger partial charge in [0.05, 0.1) is 20.9 Å². The normalized spacial score (nSPS) is 16.6. The highest BCUT2D eigenvalue weighted by molar-refractivity contribution is 6.34. The second kappa shape index (κ2) is 6.93. The highest BCUT2D eigenvalue weighted by atomic mass is 35.5. The maximum absolute atomic E-state index is 12.2. The molecule has 1 aromatic carbocycles. The van der Waals surface area contributed by atoms with Gasteiger partial charge in [0.1, 0.15) is 0 Å². The summed E-state index contributed by atoms with van der Waals surface area (Å²) in [6, 6.07) is 3.49. The summed E-state index contributed by atoms with van der Waals surface area (Å²) in [7, 11) is 0. The van der Waals surface area contributed by atoms with E-state index in [1.54, 1.807) is 0 Å². The number of nitrogens with zero attached hydrogens (tertiary/aromatic N) is 1. The Balaban J connectivity index is 2.09. The maximum Gasteiger partial charge on any atom is 0.311 e. The number of amides is 1. The van der Waals surface area contributed by atoms with Gasteiger partial charge in [-0.25, -0.2) is 0 Å². The minimum Gasteiger partial charge on any atom is -0.481 e. The van der Waals surface area contributed by atoms with Crippen molar-refractivity contribution >= 4 is 29.2 Å². The largest absolute Gasteiger partial charge is 0.481 e. The van der Waals surface area contributed by atoms with E-state index in [4.69, 9.17) is 16.3 Å². The summed E-state index contributed by atoms with van der Waals surface area (Å²) in [6.07, 6.45) is 0.604. The predicted octanol–water partition coefficient (Wildman–Crippen LogP) is 1.86. The number of halogens is 1. The zero-order valence-electron chi connectivity index (χ0n) is 12.1. The number of nitrogens with one attached hydrogen (secondary N) is 1. The van der Waals surface area contributed by atoms with Crippen molar-refractivity contribution in [3.05, 3.63) is 38.9 Å². The third kappa shape index (κ3) is 3.77. The Morgan fingerprint density at radius 2 is 2.04 bits per heavy atom. The SMILES string of the molecule is O=C(NCC1(C(=O)O)CCOCC1)c1ccc([N+](=O)[O-])cc1Cl. The number of hydrogen-bond donors (Lipinski definition) is 2. The van der Waals surface area contributed by atoms with Crippen LogP contribution in [0.5, 0.6) is 0 Å². The molecule has 0 radical (unpaired) electrons. The summed E-state index contributed by atoms with van der Waals surface area (Å²) >= 11 is 5.89. The maximum atomic E-state index is 12.2. The van der Waals surface area contributed by atoms with Gasteiger partial charge in [0.15, 0.2) is 0 Å². The van der Waals surface area contributed by atoms with Crippen LogP contribution in [0.4, 0.5) is 5.69 Å². The number of rotatable bonds is 5. The van der Waals surface area contributed by atoms with E-state index in [1.165, 1.54) is 12.1 Å². The Morgan fingerprint density at radius 3 is 2.57 bits per heavy atom. The zero-order valence-corrected chi connectivity index (χ0v) is 12.8. The summed E-state index contributed by atoms with van der Waals surface area (Å²) in [4.78, 5) is 33.7. The van der Waals surface area contributed by atoms with Gasteiger partial charge in [-0.1, -0.05) is 11.6 Å². The van der Waals surface area contributed by atoms with Crippen LogP contribution < -0.4 is 5.32 Å². The van der Waals surface area contributed by atoms with Crippen molar-refractivity contribution in [3.63, 3.8) is 0 Å². The molecular weight excluding hydrogens is 328 g/mol. The molecule has 124 valence electrons. The fourth-order valence-electron chi connectivity index (χ4n) is 2.37. The van der Waals surface area contributed by atoms with E-state index in [0.29, 0.717) is 26.1 Å². The van der Waals surface area contributed by atoms with E-state index in [-0.39, 0.29) is 22.8 Å². The number of nitro groups is 1. The van der Waals surface area contributed by atoms with Crippen LogP contribution in [0.2, 0.25) is 5.02 Å². The Labute approximate surface area is 136 Å². The first-order chi connectivity index (χ1) is 10.9. The van der Waals surface area contributed by atoms with E-state index in [1.807, 2.05) is 0 Å². The average Bonchev–Trinajstić information content (AvgIpc) is 2.53. The third-order valence-corrected chi connectivity index (χ3v) is 4.21. The molecule has 2 N–H and O–H groups in total. The average molecular weight is 343 g/mol. The number of benzene rings is 1. The van der Waals surface area contributed by atoms with Crippen molar-refractivity contribution in [3.8, 4) is 0 Å². The minimum atomic E-state index is -1.07.